The predicted molar refractivity (Wildman–Crippen MR) is 130 cm³/mol. The Labute approximate surface area is 202 Å². The SMILES string of the molecule is C[C@@H]1CCCCNC(=O)c2cccc(c2)C(=O)Nc2nc3cccc(C(=O)N4CC[C@@H](F)C4)c3n21. The van der Waals surface area contributed by atoms with Gasteiger partial charge in [-0.1, -0.05) is 12.1 Å². The topological polar surface area (TPSA) is 96.3 Å². The number of aromatic nitrogens is 2. The summed E-state index contributed by atoms with van der Waals surface area (Å²) >= 11 is 0. The van der Waals surface area contributed by atoms with Gasteiger partial charge in [0.15, 0.2) is 0 Å². The molecular weight excluding hydrogens is 449 g/mol. The number of para-hydroxylation sites is 1. The lowest BCUT2D eigenvalue weighted by molar-refractivity contribution is 0.0784. The summed E-state index contributed by atoms with van der Waals surface area (Å²) in [5, 5.41) is 5.80. The summed E-state index contributed by atoms with van der Waals surface area (Å²) < 4.78 is 15.7. The number of hydrogen-bond donors (Lipinski definition) is 2. The molecule has 1 fully saturated rings. The monoisotopic (exact) mass is 477 g/mol. The van der Waals surface area contributed by atoms with E-state index in [1.807, 2.05) is 17.6 Å². The lowest BCUT2D eigenvalue weighted by Gasteiger charge is -2.21. The number of likely N-dealkylation sites (tertiary alicyclic amines) is 1. The molecule has 2 aliphatic heterocycles. The number of nitrogens with one attached hydrogen (secondary N) is 2. The minimum absolute atomic E-state index is 0.0817. The van der Waals surface area contributed by atoms with Crippen LogP contribution in [-0.4, -0.2) is 58.0 Å². The number of carbonyl (C=O) groups is 3. The maximum Gasteiger partial charge on any atom is 0.257 e. The fourth-order valence-electron chi connectivity index (χ4n) is 4.88. The van der Waals surface area contributed by atoms with Crippen LogP contribution in [0, 0.1) is 0 Å². The Hall–Kier alpha value is -3.75. The lowest BCUT2D eigenvalue weighted by atomic mass is 10.1. The Bertz CT molecular complexity index is 1300. The molecule has 2 aromatic carbocycles. The molecule has 0 radical (unpaired) electrons. The van der Waals surface area contributed by atoms with Gasteiger partial charge in [0.05, 0.1) is 23.1 Å². The summed E-state index contributed by atoms with van der Waals surface area (Å²) in [5.41, 5.74) is 2.43. The van der Waals surface area contributed by atoms with Crippen molar-refractivity contribution >= 4 is 34.7 Å². The summed E-state index contributed by atoms with van der Waals surface area (Å²) in [4.78, 5) is 45.2. The van der Waals surface area contributed by atoms with Crippen molar-refractivity contribution in [3.05, 3.63) is 59.2 Å². The maximum absolute atomic E-state index is 13.8. The van der Waals surface area contributed by atoms with Gasteiger partial charge in [0.25, 0.3) is 17.7 Å². The first-order valence-electron chi connectivity index (χ1n) is 12.1. The van der Waals surface area contributed by atoms with Crippen LogP contribution in [-0.2, 0) is 0 Å². The molecule has 2 N–H and O–H groups in total. The third-order valence-electron chi connectivity index (χ3n) is 6.75. The zero-order valence-electron chi connectivity index (χ0n) is 19.6. The van der Waals surface area contributed by atoms with Crippen molar-refractivity contribution in [2.24, 2.45) is 0 Å². The lowest BCUT2D eigenvalue weighted by Crippen LogP contribution is -2.29. The van der Waals surface area contributed by atoms with Crippen LogP contribution >= 0.6 is 0 Å². The van der Waals surface area contributed by atoms with Crippen molar-refractivity contribution in [3.63, 3.8) is 0 Å². The number of halogens is 1. The van der Waals surface area contributed by atoms with Crippen LogP contribution in [0.4, 0.5) is 10.3 Å². The van der Waals surface area contributed by atoms with E-state index in [1.54, 1.807) is 41.3 Å². The number of anilines is 1. The van der Waals surface area contributed by atoms with Crippen LogP contribution in [0.15, 0.2) is 42.5 Å². The molecule has 1 saturated heterocycles. The van der Waals surface area contributed by atoms with Gasteiger partial charge in [0, 0.05) is 30.3 Å². The van der Waals surface area contributed by atoms with E-state index in [9.17, 15) is 18.8 Å². The molecule has 0 aliphatic carbocycles. The van der Waals surface area contributed by atoms with Crippen LogP contribution in [0.1, 0.15) is 69.7 Å². The van der Waals surface area contributed by atoms with E-state index >= 15 is 0 Å². The number of amides is 3. The average Bonchev–Trinajstić information content (AvgIpc) is 3.45. The summed E-state index contributed by atoms with van der Waals surface area (Å²) in [6.07, 6.45) is 1.72. The summed E-state index contributed by atoms with van der Waals surface area (Å²) in [5.74, 6) is -0.494. The first-order chi connectivity index (χ1) is 16.9. The molecule has 2 atom stereocenters. The highest BCUT2D eigenvalue weighted by Crippen LogP contribution is 2.31. The van der Waals surface area contributed by atoms with Crippen LogP contribution in [0.5, 0.6) is 0 Å². The highest BCUT2D eigenvalue weighted by Gasteiger charge is 2.30. The zero-order valence-corrected chi connectivity index (χ0v) is 19.6. The van der Waals surface area contributed by atoms with E-state index < -0.39 is 12.1 Å². The van der Waals surface area contributed by atoms with E-state index in [1.165, 1.54) is 0 Å². The third kappa shape index (κ3) is 4.50. The normalized spacial score (nSPS) is 21.3. The van der Waals surface area contributed by atoms with Crippen molar-refractivity contribution in [2.45, 2.75) is 44.8 Å². The van der Waals surface area contributed by atoms with Crippen LogP contribution < -0.4 is 10.6 Å². The van der Waals surface area contributed by atoms with Crippen LogP contribution in [0.3, 0.4) is 0 Å². The fraction of sp³-hybridized carbons (Fsp3) is 0.385. The van der Waals surface area contributed by atoms with Crippen molar-refractivity contribution in [2.75, 3.05) is 25.0 Å². The largest absolute Gasteiger partial charge is 0.352 e. The molecule has 182 valence electrons. The molecule has 0 spiro atoms. The predicted octanol–water partition coefficient (Wildman–Crippen LogP) is 3.95. The molecule has 8 nitrogen and oxygen atoms in total. The standard InChI is InChI=1S/C26H28FN5O3/c1-16-6-2-3-12-28-23(33)17-7-4-8-18(14-17)24(34)30-26-29-21-10-5-9-20(22(21)32(16)26)25(35)31-13-11-19(27)15-31/h4-5,7-10,14,16,19H,2-3,6,11-13,15H2,1H3,(H,28,33)(H,29,30,34)/t16-,19-/m1/s1. The highest BCUT2D eigenvalue weighted by atomic mass is 19.1. The maximum atomic E-state index is 13.8. The number of alkyl halides is 1. The summed E-state index contributed by atoms with van der Waals surface area (Å²) in [6, 6.07) is 11.8. The molecule has 0 saturated carbocycles. The van der Waals surface area contributed by atoms with E-state index in [4.69, 9.17) is 0 Å². The number of imidazole rings is 1. The van der Waals surface area contributed by atoms with E-state index in [-0.39, 0.29) is 24.4 Å². The van der Waals surface area contributed by atoms with Crippen molar-refractivity contribution < 1.29 is 18.8 Å². The minimum atomic E-state index is -1.01. The molecular formula is C26H28FN5O3. The second-order valence-electron chi connectivity index (χ2n) is 9.25. The Morgan fingerprint density at radius 3 is 2.60 bits per heavy atom. The third-order valence-corrected chi connectivity index (χ3v) is 6.75. The van der Waals surface area contributed by atoms with Crippen molar-refractivity contribution in [1.29, 1.82) is 0 Å². The van der Waals surface area contributed by atoms with Gasteiger partial charge in [0.2, 0.25) is 5.95 Å². The van der Waals surface area contributed by atoms with Gasteiger partial charge in [-0.05, 0) is 62.9 Å². The summed E-state index contributed by atoms with van der Waals surface area (Å²) in [6.45, 7) is 3.02. The molecule has 3 amide bonds. The van der Waals surface area contributed by atoms with Gasteiger partial charge in [-0.25, -0.2) is 9.37 Å². The number of nitrogens with zero attached hydrogens (tertiary/aromatic N) is 3. The second kappa shape index (κ2) is 9.48. The quantitative estimate of drug-likeness (QED) is 0.555. The Kier molecular flexibility index (Phi) is 6.23. The Morgan fingerprint density at radius 2 is 1.83 bits per heavy atom. The first kappa shape index (κ1) is 23.0. The first-order valence-corrected chi connectivity index (χ1v) is 12.1. The van der Waals surface area contributed by atoms with Gasteiger partial charge in [0.1, 0.15) is 6.17 Å². The van der Waals surface area contributed by atoms with Gasteiger partial charge in [-0.2, -0.15) is 0 Å². The van der Waals surface area contributed by atoms with Gasteiger partial charge < -0.3 is 14.8 Å². The van der Waals surface area contributed by atoms with E-state index in [0.29, 0.717) is 53.2 Å². The molecule has 3 heterocycles. The fourth-order valence-corrected chi connectivity index (χ4v) is 4.88. The van der Waals surface area contributed by atoms with Gasteiger partial charge in [-0.15, -0.1) is 0 Å². The minimum Gasteiger partial charge on any atom is -0.352 e. The van der Waals surface area contributed by atoms with Gasteiger partial charge in [-0.3, -0.25) is 19.7 Å². The van der Waals surface area contributed by atoms with Gasteiger partial charge >= 0.3 is 0 Å². The van der Waals surface area contributed by atoms with Crippen molar-refractivity contribution in [3.8, 4) is 0 Å². The van der Waals surface area contributed by atoms with Crippen molar-refractivity contribution in [1.82, 2.24) is 19.8 Å². The molecule has 3 aromatic rings. The zero-order chi connectivity index (χ0) is 24.5. The highest BCUT2D eigenvalue weighted by molar-refractivity contribution is 6.08. The molecule has 1 aromatic heterocycles. The Morgan fingerprint density at radius 1 is 1.06 bits per heavy atom. The average molecular weight is 478 g/mol. The molecule has 5 rings (SSSR count). The molecule has 0 unspecified atom stereocenters. The summed E-state index contributed by atoms with van der Waals surface area (Å²) in [7, 11) is 0. The van der Waals surface area contributed by atoms with E-state index in [0.717, 1.165) is 19.3 Å². The van der Waals surface area contributed by atoms with Crippen LogP contribution in [0.2, 0.25) is 0 Å². The molecule has 2 aliphatic rings. The number of rotatable bonds is 1. The molecule has 9 heteroatoms. The van der Waals surface area contributed by atoms with E-state index in [2.05, 4.69) is 15.6 Å². The number of benzene rings is 2. The molecule has 2 bridgehead atoms. The Balaban J connectivity index is 1.60. The second-order valence-corrected chi connectivity index (χ2v) is 9.25. The number of fused-ring (bicyclic) bond motifs is 5. The molecule has 35 heavy (non-hydrogen) atoms. The smallest absolute Gasteiger partial charge is 0.257 e. The number of hydrogen-bond acceptors (Lipinski definition) is 4. The van der Waals surface area contributed by atoms with Crippen LogP contribution in [0.25, 0.3) is 11.0 Å². The number of carbonyl (C=O) groups excluding carboxylic acids is 3.